The lowest BCUT2D eigenvalue weighted by atomic mass is 10.2. The summed E-state index contributed by atoms with van der Waals surface area (Å²) < 4.78 is 7.19. The smallest absolute Gasteiger partial charge is 0.282 e. The molecule has 2 aromatic heterocycles. The summed E-state index contributed by atoms with van der Waals surface area (Å²) in [7, 11) is 0. The van der Waals surface area contributed by atoms with Gasteiger partial charge in [-0.25, -0.2) is 4.98 Å². The molecule has 0 spiro atoms. The third kappa shape index (κ3) is 3.23. The Morgan fingerprint density at radius 1 is 1.17 bits per heavy atom. The van der Waals surface area contributed by atoms with Crippen LogP contribution in [0.5, 0.6) is 5.88 Å². The molecule has 0 aliphatic carbocycles. The van der Waals surface area contributed by atoms with Gasteiger partial charge in [0.05, 0.1) is 10.9 Å². The molecule has 0 bridgehead atoms. The first-order chi connectivity index (χ1) is 11.6. The lowest BCUT2D eigenvalue weighted by Crippen LogP contribution is -2.34. The molecule has 6 nitrogen and oxygen atoms in total. The van der Waals surface area contributed by atoms with Gasteiger partial charge in [0.25, 0.3) is 5.56 Å². The second-order valence-corrected chi connectivity index (χ2v) is 5.79. The van der Waals surface area contributed by atoms with Crippen LogP contribution >= 0.6 is 0 Å². The van der Waals surface area contributed by atoms with E-state index in [0.29, 0.717) is 22.4 Å². The van der Waals surface area contributed by atoms with Crippen LogP contribution in [0.1, 0.15) is 20.8 Å². The molecule has 126 valence electrons. The molecule has 0 radical (unpaired) electrons. The highest BCUT2D eigenvalue weighted by atomic mass is 16.5. The maximum Gasteiger partial charge on any atom is 0.282 e. The number of aromatic nitrogens is 3. The van der Waals surface area contributed by atoms with Gasteiger partial charge in [-0.2, -0.15) is 4.52 Å². The third-order valence-electron chi connectivity index (χ3n) is 4.08. The van der Waals surface area contributed by atoms with Crippen molar-refractivity contribution in [2.24, 2.45) is 0 Å². The van der Waals surface area contributed by atoms with Gasteiger partial charge < -0.3 is 9.64 Å². The first-order valence-electron chi connectivity index (χ1n) is 8.30. The average Bonchev–Trinajstić information content (AvgIpc) is 2.60. The third-order valence-corrected chi connectivity index (χ3v) is 4.08. The highest BCUT2D eigenvalue weighted by Gasteiger charge is 2.11. The summed E-state index contributed by atoms with van der Waals surface area (Å²) in [5, 5.41) is 4.88. The Morgan fingerprint density at radius 2 is 1.92 bits per heavy atom. The van der Waals surface area contributed by atoms with Crippen LogP contribution in [0.4, 0.5) is 0 Å². The minimum Gasteiger partial charge on any atom is -0.472 e. The van der Waals surface area contributed by atoms with Crippen LogP contribution in [-0.4, -0.2) is 45.2 Å². The molecule has 0 saturated carbocycles. The summed E-state index contributed by atoms with van der Waals surface area (Å²) in [6.07, 6.45) is -0.0148. The van der Waals surface area contributed by atoms with Gasteiger partial charge in [-0.1, -0.05) is 26.0 Å². The summed E-state index contributed by atoms with van der Waals surface area (Å²) in [6, 6.07) is 10.8. The van der Waals surface area contributed by atoms with Crippen LogP contribution in [0.25, 0.3) is 16.6 Å². The molecule has 3 rings (SSSR count). The Balaban J connectivity index is 1.92. The van der Waals surface area contributed by atoms with Gasteiger partial charge in [0.2, 0.25) is 5.88 Å². The van der Waals surface area contributed by atoms with Crippen molar-refractivity contribution in [3.63, 3.8) is 0 Å². The molecular weight excluding hydrogens is 304 g/mol. The first-order valence-corrected chi connectivity index (χ1v) is 8.30. The van der Waals surface area contributed by atoms with Gasteiger partial charge >= 0.3 is 0 Å². The van der Waals surface area contributed by atoms with E-state index in [1.807, 2.05) is 25.1 Å². The van der Waals surface area contributed by atoms with E-state index in [9.17, 15) is 4.79 Å². The lowest BCUT2D eigenvalue weighted by Gasteiger charge is -2.23. The van der Waals surface area contributed by atoms with Crippen molar-refractivity contribution < 1.29 is 4.74 Å². The molecule has 2 heterocycles. The number of nitrogens with zero attached hydrogens (tertiary/aromatic N) is 4. The normalized spacial score (nSPS) is 12.8. The quantitative estimate of drug-likeness (QED) is 0.651. The number of benzene rings is 1. The highest BCUT2D eigenvalue weighted by Crippen LogP contribution is 2.12. The molecule has 0 fully saturated rings. The minimum absolute atomic E-state index is 0.0148. The number of para-hydroxylation sites is 1. The molecule has 24 heavy (non-hydrogen) atoms. The summed E-state index contributed by atoms with van der Waals surface area (Å²) in [5.41, 5.74) is 1.01. The van der Waals surface area contributed by atoms with Gasteiger partial charge in [-0.05, 0) is 38.2 Å². The van der Waals surface area contributed by atoms with Gasteiger partial charge in [-0.3, -0.25) is 4.79 Å². The van der Waals surface area contributed by atoms with E-state index in [2.05, 4.69) is 28.8 Å². The fourth-order valence-electron chi connectivity index (χ4n) is 2.77. The average molecular weight is 326 g/mol. The highest BCUT2D eigenvalue weighted by molar-refractivity contribution is 5.79. The van der Waals surface area contributed by atoms with E-state index < -0.39 is 0 Å². The molecule has 0 amide bonds. The summed E-state index contributed by atoms with van der Waals surface area (Å²) in [4.78, 5) is 19.3. The Labute approximate surface area is 140 Å². The van der Waals surface area contributed by atoms with Crippen molar-refractivity contribution in [3.05, 3.63) is 46.8 Å². The van der Waals surface area contributed by atoms with Crippen LogP contribution in [-0.2, 0) is 0 Å². The standard InChI is InChI=1S/C18H22N4O2/c1-4-21(5-2)12-13(3)24-17-11-10-16-19-15-9-7-6-8-14(15)18(23)22(16)20-17/h6-11,13H,4-5,12H2,1-3H3/t13-/m1/s1. The van der Waals surface area contributed by atoms with Crippen molar-refractivity contribution >= 4 is 16.6 Å². The van der Waals surface area contributed by atoms with Crippen LogP contribution < -0.4 is 10.3 Å². The first kappa shape index (κ1) is 16.4. The number of likely N-dealkylation sites (N-methyl/N-ethyl adjacent to an activating group) is 1. The maximum atomic E-state index is 12.6. The monoisotopic (exact) mass is 326 g/mol. The van der Waals surface area contributed by atoms with Gasteiger partial charge in [0, 0.05) is 12.6 Å². The number of fused-ring (bicyclic) bond motifs is 2. The van der Waals surface area contributed by atoms with Gasteiger partial charge in [-0.15, -0.1) is 5.10 Å². The molecule has 0 aliphatic rings. The number of rotatable bonds is 6. The van der Waals surface area contributed by atoms with E-state index in [0.717, 1.165) is 19.6 Å². The van der Waals surface area contributed by atoms with E-state index in [4.69, 9.17) is 4.74 Å². The van der Waals surface area contributed by atoms with Crippen molar-refractivity contribution in [3.8, 4) is 5.88 Å². The molecule has 0 aliphatic heterocycles. The Bertz CT molecular complexity index is 902. The second-order valence-electron chi connectivity index (χ2n) is 5.79. The topological polar surface area (TPSA) is 59.7 Å². The van der Waals surface area contributed by atoms with E-state index in [1.165, 1.54) is 4.52 Å². The van der Waals surface area contributed by atoms with Crippen LogP contribution in [0.2, 0.25) is 0 Å². The number of hydrogen-bond donors (Lipinski definition) is 0. The van der Waals surface area contributed by atoms with Crippen LogP contribution in [0.15, 0.2) is 41.2 Å². The Kier molecular flexibility index (Phi) is 4.76. The SMILES string of the molecule is CCN(CC)C[C@@H](C)Oc1ccc2nc3ccccc3c(=O)n2n1. The zero-order chi connectivity index (χ0) is 17.1. The lowest BCUT2D eigenvalue weighted by molar-refractivity contribution is 0.146. The summed E-state index contributed by atoms with van der Waals surface area (Å²) >= 11 is 0. The minimum atomic E-state index is -0.183. The summed E-state index contributed by atoms with van der Waals surface area (Å²) in [6.45, 7) is 9.03. The van der Waals surface area contributed by atoms with E-state index >= 15 is 0 Å². The fourth-order valence-corrected chi connectivity index (χ4v) is 2.77. The fraction of sp³-hybridized carbons (Fsp3) is 0.389. The predicted octanol–water partition coefficient (Wildman–Crippen LogP) is 2.35. The van der Waals surface area contributed by atoms with Crippen molar-refractivity contribution in [1.29, 1.82) is 0 Å². The zero-order valence-corrected chi connectivity index (χ0v) is 14.3. The Morgan fingerprint density at radius 3 is 2.67 bits per heavy atom. The second kappa shape index (κ2) is 6.97. The molecule has 1 aromatic carbocycles. The largest absolute Gasteiger partial charge is 0.472 e. The maximum absolute atomic E-state index is 12.6. The van der Waals surface area contributed by atoms with Crippen molar-refractivity contribution in [2.75, 3.05) is 19.6 Å². The molecular formula is C18H22N4O2. The molecule has 0 saturated heterocycles. The van der Waals surface area contributed by atoms with E-state index in [-0.39, 0.29) is 11.7 Å². The Hall–Kier alpha value is -2.47. The van der Waals surface area contributed by atoms with Gasteiger partial charge in [0.1, 0.15) is 6.10 Å². The number of hydrogen-bond acceptors (Lipinski definition) is 5. The predicted molar refractivity (Wildman–Crippen MR) is 94.6 cm³/mol. The molecule has 6 heteroatoms. The van der Waals surface area contributed by atoms with Crippen LogP contribution in [0.3, 0.4) is 0 Å². The molecule has 0 unspecified atom stereocenters. The molecule has 1 atom stereocenters. The van der Waals surface area contributed by atoms with Gasteiger partial charge in [0.15, 0.2) is 5.65 Å². The van der Waals surface area contributed by atoms with Crippen LogP contribution in [0, 0.1) is 0 Å². The van der Waals surface area contributed by atoms with Crippen molar-refractivity contribution in [1.82, 2.24) is 19.5 Å². The molecule has 0 N–H and O–H groups in total. The van der Waals surface area contributed by atoms with Crippen molar-refractivity contribution in [2.45, 2.75) is 26.9 Å². The summed E-state index contributed by atoms with van der Waals surface area (Å²) in [5.74, 6) is 0.432. The zero-order valence-electron chi connectivity index (χ0n) is 14.3. The number of ether oxygens (including phenoxy) is 1. The van der Waals surface area contributed by atoms with E-state index in [1.54, 1.807) is 18.2 Å². The molecule has 3 aromatic rings.